The van der Waals surface area contributed by atoms with Crippen molar-refractivity contribution in [1.29, 1.82) is 0 Å². The number of rotatable bonds is 6. The number of carbonyl (C=O) groups excluding carboxylic acids is 1. The second-order valence-corrected chi connectivity index (χ2v) is 8.01. The van der Waals surface area contributed by atoms with E-state index in [2.05, 4.69) is 28.3 Å². The van der Waals surface area contributed by atoms with Gasteiger partial charge in [-0.1, -0.05) is 31.0 Å². The Balaban J connectivity index is 1.24. The van der Waals surface area contributed by atoms with Crippen LogP contribution in [0.3, 0.4) is 0 Å². The summed E-state index contributed by atoms with van der Waals surface area (Å²) in [5.74, 6) is 1.84. The number of nitrogens with one attached hydrogen (secondary N) is 1. The Morgan fingerprint density at radius 1 is 1.14 bits per heavy atom. The third-order valence-corrected chi connectivity index (χ3v) is 5.90. The van der Waals surface area contributed by atoms with E-state index in [0.29, 0.717) is 12.6 Å². The molecule has 150 valence electrons. The van der Waals surface area contributed by atoms with Crippen molar-refractivity contribution >= 4 is 11.7 Å². The first-order chi connectivity index (χ1) is 13.7. The summed E-state index contributed by atoms with van der Waals surface area (Å²) in [6, 6.07) is 10.5. The highest BCUT2D eigenvalue weighted by Gasteiger charge is 2.24. The largest absolute Gasteiger partial charge is 0.490 e. The van der Waals surface area contributed by atoms with Gasteiger partial charge >= 0.3 is 0 Å². The fourth-order valence-electron chi connectivity index (χ4n) is 4.29. The summed E-state index contributed by atoms with van der Waals surface area (Å²) in [7, 11) is 0. The van der Waals surface area contributed by atoms with Crippen LogP contribution < -0.4 is 10.1 Å². The first-order valence-corrected chi connectivity index (χ1v) is 10.5. The molecule has 0 unspecified atom stereocenters. The van der Waals surface area contributed by atoms with E-state index in [9.17, 15) is 4.79 Å². The van der Waals surface area contributed by atoms with Crippen LogP contribution in [0.25, 0.3) is 0 Å². The molecule has 2 aliphatic rings. The highest BCUT2D eigenvalue weighted by molar-refractivity contribution is 5.91. The van der Waals surface area contributed by atoms with Gasteiger partial charge in [0.15, 0.2) is 0 Å². The molecule has 2 heterocycles. The lowest BCUT2D eigenvalue weighted by Gasteiger charge is -2.32. The van der Waals surface area contributed by atoms with E-state index < -0.39 is 0 Å². The molecule has 0 bridgehead atoms. The number of aryl methyl sites for hydroxylation is 1. The van der Waals surface area contributed by atoms with Gasteiger partial charge in [0, 0.05) is 19.2 Å². The summed E-state index contributed by atoms with van der Waals surface area (Å²) in [6.45, 7) is 4.26. The van der Waals surface area contributed by atoms with Crippen LogP contribution in [-0.4, -0.2) is 46.3 Å². The highest BCUT2D eigenvalue weighted by atomic mass is 16.5. The third-order valence-electron chi connectivity index (χ3n) is 5.90. The normalized spacial score (nSPS) is 19.0. The number of benzene rings is 1. The molecule has 28 heavy (non-hydrogen) atoms. The molecule has 1 aliphatic heterocycles. The third kappa shape index (κ3) is 4.55. The number of aromatic nitrogens is 2. The number of carbonyl (C=O) groups is 1. The van der Waals surface area contributed by atoms with E-state index in [4.69, 9.17) is 4.74 Å². The number of para-hydroxylation sites is 1. The Labute approximate surface area is 166 Å². The van der Waals surface area contributed by atoms with E-state index in [-0.39, 0.29) is 12.0 Å². The predicted octanol–water partition coefficient (Wildman–Crippen LogP) is 3.79. The fourth-order valence-corrected chi connectivity index (χ4v) is 4.29. The average Bonchev–Trinajstić information content (AvgIpc) is 3.36. The van der Waals surface area contributed by atoms with Crippen molar-refractivity contribution in [3.8, 4) is 5.75 Å². The van der Waals surface area contributed by atoms with Gasteiger partial charge in [0.05, 0.1) is 18.8 Å². The number of hydrogen-bond acceptors (Lipinski definition) is 4. The van der Waals surface area contributed by atoms with Crippen LogP contribution in [0.1, 0.15) is 50.1 Å². The molecule has 0 spiro atoms. The SMILES string of the molecule is Cc1ccccc1OC1CCN(CC(=O)Nc2ccnn2C2CCCC2)CC1. The highest BCUT2D eigenvalue weighted by Crippen LogP contribution is 2.31. The minimum atomic E-state index is 0.0398. The van der Waals surface area contributed by atoms with Crippen molar-refractivity contribution in [2.24, 2.45) is 0 Å². The number of anilines is 1. The summed E-state index contributed by atoms with van der Waals surface area (Å²) in [4.78, 5) is 14.7. The Kier molecular flexibility index (Phi) is 5.95. The molecule has 1 aromatic carbocycles. The van der Waals surface area contributed by atoms with Crippen LogP contribution in [0.5, 0.6) is 5.75 Å². The van der Waals surface area contributed by atoms with Crippen LogP contribution in [0, 0.1) is 6.92 Å². The monoisotopic (exact) mass is 382 g/mol. The summed E-state index contributed by atoms with van der Waals surface area (Å²) in [5.41, 5.74) is 1.17. The van der Waals surface area contributed by atoms with Gasteiger partial charge in [-0.25, -0.2) is 4.68 Å². The molecule has 1 aromatic heterocycles. The van der Waals surface area contributed by atoms with Crippen LogP contribution in [-0.2, 0) is 4.79 Å². The summed E-state index contributed by atoms with van der Waals surface area (Å²) in [6.07, 6.45) is 8.70. The lowest BCUT2D eigenvalue weighted by molar-refractivity contribution is -0.117. The number of amides is 1. The molecule has 0 radical (unpaired) electrons. The lowest BCUT2D eigenvalue weighted by Crippen LogP contribution is -2.42. The molecule has 1 aliphatic carbocycles. The minimum absolute atomic E-state index is 0.0398. The molecule has 6 nitrogen and oxygen atoms in total. The van der Waals surface area contributed by atoms with Gasteiger partial charge in [0.25, 0.3) is 0 Å². The Morgan fingerprint density at radius 2 is 1.89 bits per heavy atom. The zero-order chi connectivity index (χ0) is 19.3. The smallest absolute Gasteiger partial charge is 0.239 e. The first-order valence-electron chi connectivity index (χ1n) is 10.5. The molecule has 2 fully saturated rings. The van der Waals surface area contributed by atoms with Gasteiger partial charge in [-0.05, 0) is 44.2 Å². The molecule has 4 rings (SSSR count). The van der Waals surface area contributed by atoms with Gasteiger partial charge in [-0.3, -0.25) is 9.69 Å². The van der Waals surface area contributed by atoms with E-state index in [1.807, 2.05) is 28.9 Å². The molecule has 1 amide bonds. The van der Waals surface area contributed by atoms with Crippen molar-refractivity contribution in [1.82, 2.24) is 14.7 Å². The summed E-state index contributed by atoms with van der Waals surface area (Å²) in [5, 5.41) is 7.49. The summed E-state index contributed by atoms with van der Waals surface area (Å²) < 4.78 is 8.15. The average molecular weight is 383 g/mol. The van der Waals surface area contributed by atoms with Crippen molar-refractivity contribution in [3.05, 3.63) is 42.1 Å². The number of nitrogens with zero attached hydrogens (tertiary/aromatic N) is 3. The van der Waals surface area contributed by atoms with Crippen molar-refractivity contribution in [2.45, 2.75) is 57.6 Å². The molecule has 1 saturated carbocycles. The predicted molar refractivity (Wildman–Crippen MR) is 110 cm³/mol. The van der Waals surface area contributed by atoms with Crippen molar-refractivity contribution < 1.29 is 9.53 Å². The molecule has 1 N–H and O–H groups in total. The maximum Gasteiger partial charge on any atom is 0.239 e. The fraction of sp³-hybridized carbons (Fsp3) is 0.545. The second-order valence-electron chi connectivity index (χ2n) is 8.01. The standard InChI is InChI=1S/C22H30N4O2/c1-17-6-2-5-9-20(17)28-19-11-14-25(15-12-19)16-22(27)24-21-10-13-23-26(21)18-7-3-4-8-18/h2,5-6,9-10,13,18-19H,3-4,7-8,11-12,14-16H2,1H3,(H,24,27). The van der Waals surface area contributed by atoms with E-state index in [1.165, 1.54) is 18.4 Å². The topological polar surface area (TPSA) is 59.4 Å². The zero-order valence-corrected chi connectivity index (χ0v) is 16.6. The van der Waals surface area contributed by atoms with Crippen molar-refractivity contribution in [2.75, 3.05) is 25.0 Å². The molecular weight excluding hydrogens is 352 g/mol. The van der Waals surface area contributed by atoms with Gasteiger partial charge in [0.2, 0.25) is 5.91 Å². The van der Waals surface area contributed by atoms with E-state index >= 15 is 0 Å². The van der Waals surface area contributed by atoms with Crippen LogP contribution in [0.15, 0.2) is 36.5 Å². The van der Waals surface area contributed by atoms with Crippen molar-refractivity contribution in [3.63, 3.8) is 0 Å². The maximum atomic E-state index is 12.5. The van der Waals surface area contributed by atoms with Gasteiger partial charge in [-0.2, -0.15) is 5.10 Å². The Bertz CT molecular complexity index is 789. The lowest BCUT2D eigenvalue weighted by atomic mass is 10.1. The van der Waals surface area contributed by atoms with Crippen LogP contribution in [0.4, 0.5) is 5.82 Å². The zero-order valence-electron chi connectivity index (χ0n) is 16.6. The van der Waals surface area contributed by atoms with Gasteiger partial charge in [-0.15, -0.1) is 0 Å². The number of piperidine rings is 1. The summed E-state index contributed by atoms with van der Waals surface area (Å²) >= 11 is 0. The molecular formula is C22H30N4O2. The number of ether oxygens (including phenoxy) is 1. The first kappa shape index (κ1) is 19.0. The van der Waals surface area contributed by atoms with E-state index in [0.717, 1.165) is 50.3 Å². The van der Waals surface area contributed by atoms with Crippen LogP contribution >= 0.6 is 0 Å². The second kappa shape index (κ2) is 8.78. The number of likely N-dealkylation sites (tertiary alicyclic amines) is 1. The Hall–Kier alpha value is -2.34. The molecule has 6 heteroatoms. The van der Waals surface area contributed by atoms with E-state index in [1.54, 1.807) is 6.20 Å². The van der Waals surface area contributed by atoms with Crippen LogP contribution in [0.2, 0.25) is 0 Å². The molecule has 0 atom stereocenters. The maximum absolute atomic E-state index is 12.5. The quantitative estimate of drug-likeness (QED) is 0.826. The molecule has 1 saturated heterocycles. The molecule has 2 aromatic rings. The van der Waals surface area contributed by atoms with Gasteiger partial charge < -0.3 is 10.1 Å². The minimum Gasteiger partial charge on any atom is -0.490 e. The van der Waals surface area contributed by atoms with Gasteiger partial charge in [0.1, 0.15) is 17.7 Å². The number of hydrogen-bond donors (Lipinski definition) is 1. The Morgan fingerprint density at radius 3 is 2.64 bits per heavy atom.